The van der Waals surface area contributed by atoms with E-state index in [-0.39, 0.29) is 0 Å². The molecule has 3 aromatic carbocycles. The van der Waals surface area contributed by atoms with E-state index in [1.165, 1.54) is 27.8 Å². The lowest BCUT2D eigenvalue weighted by molar-refractivity contribution is 1.02. The molecule has 20 heavy (non-hydrogen) atoms. The van der Waals surface area contributed by atoms with Crippen LogP contribution in [0.2, 0.25) is 5.02 Å². The summed E-state index contributed by atoms with van der Waals surface area (Å²) in [7, 11) is 0. The summed E-state index contributed by atoms with van der Waals surface area (Å²) in [5, 5.41) is 0.785. The molecule has 0 saturated carbocycles. The highest BCUT2D eigenvalue weighted by molar-refractivity contribution is 6.30. The largest absolute Gasteiger partial charge is 0.0843 e. The van der Waals surface area contributed by atoms with E-state index in [1.807, 2.05) is 12.1 Å². The van der Waals surface area contributed by atoms with Crippen molar-refractivity contribution >= 4 is 11.6 Å². The fraction of sp³-hybridized carbons (Fsp3) is 0.0526. The number of hydrogen-bond donors (Lipinski definition) is 0. The van der Waals surface area contributed by atoms with Crippen LogP contribution in [-0.4, -0.2) is 0 Å². The van der Waals surface area contributed by atoms with Crippen LogP contribution in [0.3, 0.4) is 0 Å². The Morgan fingerprint density at radius 2 is 1.10 bits per heavy atom. The molecule has 0 aromatic heterocycles. The third-order valence-corrected chi connectivity index (χ3v) is 4.29. The number of benzene rings is 3. The van der Waals surface area contributed by atoms with Gasteiger partial charge in [0.05, 0.1) is 0 Å². The van der Waals surface area contributed by atoms with Gasteiger partial charge in [-0.2, -0.15) is 0 Å². The van der Waals surface area contributed by atoms with Gasteiger partial charge in [-0.05, 0) is 39.9 Å². The Kier molecular flexibility index (Phi) is 2.64. The van der Waals surface area contributed by atoms with E-state index in [2.05, 4.69) is 60.7 Å². The molecular weight excluding hydrogens is 264 g/mol. The predicted octanol–water partition coefficient (Wildman–Crippen LogP) is 5.50. The van der Waals surface area contributed by atoms with Crippen molar-refractivity contribution in [1.82, 2.24) is 0 Å². The topological polar surface area (TPSA) is 0 Å². The van der Waals surface area contributed by atoms with Crippen LogP contribution < -0.4 is 0 Å². The molecule has 0 fully saturated rings. The van der Waals surface area contributed by atoms with E-state index in [9.17, 15) is 0 Å². The van der Waals surface area contributed by atoms with Gasteiger partial charge in [0.15, 0.2) is 0 Å². The maximum atomic E-state index is 6.02. The van der Waals surface area contributed by atoms with E-state index < -0.39 is 0 Å². The minimum atomic E-state index is 0.319. The highest BCUT2D eigenvalue weighted by atomic mass is 35.5. The molecule has 1 heteroatoms. The summed E-state index contributed by atoms with van der Waals surface area (Å²) in [5.41, 5.74) is 6.77. The minimum Gasteiger partial charge on any atom is -0.0843 e. The maximum Gasteiger partial charge on any atom is 0.0406 e. The zero-order valence-corrected chi connectivity index (χ0v) is 11.6. The van der Waals surface area contributed by atoms with Crippen molar-refractivity contribution in [3.63, 3.8) is 0 Å². The van der Waals surface area contributed by atoms with Gasteiger partial charge in [-0.25, -0.2) is 0 Å². The van der Waals surface area contributed by atoms with Crippen LogP contribution in [0.1, 0.15) is 22.6 Å². The summed E-state index contributed by atoms with van der Waals surface area (Å²) in [4.78, 5) is 0. The predicted molar refractivity (Wildman–Crippen MR) is 84.3 cm³/mol. The van der Waals surface area contributed by atoms with Gasteiger partial charge in [0.2, 0.25) is 0 Å². The van der Waals surface area contributed by atoms with Gasteiger partial charge in [-0.15, -0.1) is 0 Å². The summed E-state index contributed by atoms with van der Waals surface area (Å²) in [6.45, 7) is 0. The fourth-order valence-electron chi connectivity index (χ4n) is 3.17. The van der Waals surface area contributed by atoms with E-state index >= 15 is 0 Å². The van der Waals surface area contributed by atoms with Crippen LogP contribution in [0.4, 0.5) is 0 Å². The Morgan fingerprint density at radius 1 is 0.600 bits per heavy atom. The van der Waals surface area contributed by atoms with E-state index in [0.29, 0.717) is 5.92 Å². The van der Waals surface area contributed by atoms with Gasteiger partial charge in [0.1, 0.15) is 0 Å². The van der Waals surface area contributed by atoms with Crippen LogP contribution in [0.5, 0.6) is 0 Å². The van der Waals surface area contributed by atoms with Gasteiger partial charge in [-0.3, -0.25) is 0 Å². The van der Waals surface area contributed by atoms with Crippen molar-refractivity contribution in [3.8, 4) is 11.1 Å². The van der Waals surface area contributed by atoms with Crippen LogP contribution in [0.25, 0.3) is 11.1 Å². The van der Waals surface area contributed by atoms with Gasteiger partial charge < -0.3 is 0 Å². The standard InChI is InChI=1S/C19H13Cl/c20-14-11-9-13(10-12-14)19-17-7-3-1-5-15(17)16-6-2-4-8-18(16)19/h1-12,19H. The Hall–Kier alpha value is -2.05. The molecule has 0 amide bonds. The molecule has 1 aliphatic rings. The summed E-state index contributed by atoms with van der Waals surface area (Å²) in [5.74, 6) is 0.319. The first kappa shape index (κ1) is 11.7. The SMILES string of the molecule is Clc1ccc(C2c3ccccc3-c3ccccc32)cc1. The van der Waals surface area contributed by atoms with E-state index in [1.54, 1.807) is 0 Å². The highest BCUT2D eigenvalue weighted by Crippen LogP contribution is 2.47. The molecule has 0 saturated heterocycles. The lowest BCUT2D eigenvalue weighted by atomic mass is 9.89. The van der Waals surface area contributed by atoms with Crippen LogP contribution in [-0.2, 0) is 0 Å². The Bertz CT molecular complexity index is 726. The molecule has 0 aliphatic heterocycles. The van der Waals surface area contributed by atoms with Crippen LogP contribution in [0.15, 0.2) is 72.8 Å². The third-order valence-electron chi connectivity index (χ3n) is 4.04. The van der Waals surface area contributed by atoms with Crippen molar-refractivity contribution in [3.05, 3.63) is 94.5 Å². The normalized spacial score (nSPS) is 13.1. The number of halogens is 1. The van der Waals surface area contributed by atoms with Crippen LogP contribution in [0, 0.1) is 0 Å². The lowest BCUT2D eigenvalue weighted by Crippen LogP contribution is -1.98. The monoisotopic (exact) mass is 276 g/mol. The molecule has 0 N–H and O–H groups in total. The van der Waals surface area contributed by atoms with Gasteiger partial charge in [0.25, 0.3) is 0 Å². The highest BCUT2D eigenvalue weighted by Gasteiger charge is 2.28. The number of fused-ring (bicyclic) bond motifs is 3. The van der Waals surface area contributed by atoms with Gasteiger partial charge in [-0.1, -0.05) is 72.3 Å². The van der Waals surface area contributed by atoms with Crippen molar-refractivity contribution in [1.29, 1.82) is 0 Å². The minimum absolute atomic E-state index is 0.319. The molecule has 0 radical (unpaired) electrons. The average Bonchev–Trinajstić information content (AvgIpc) is 2.83. The molecule has 0 bridgehead atoms. The zero-order valence-electron chi connectivity index (χ0n) is 10.9. The molecule has 0 spiro atoms. The molecule has 96 valence electrons. The van der Waals surface area contributed by atoms with Crippen molar-refractivity contribution in [2.24, 2.45) is 0 Å². The summed E-state index contributed by atoms with van der Waals surface area (Å²) in [6, 6.07) is 25.6. The van der Waals surface area contributed by atoms with Crippen molar-refractivity contribution < 1.29 is 0 Å². The molecule has 0 unspecified atom stereocenters. The molecule has 0 heterocycles. The summed E-state index contributed by atoms with van der Waals surface area (Å²) in [6.07, 6.45) is 0. The van der Waals surface area contributed by atoms with Crippen LogP contribution >= 0.6 is 11.6 Å². The lowest BCUT2D eigenvalue weighted by Gasteiger charge is -2.14. The summed E-state index contributed by atoms with van der Waals surface area (Å²) < 4.78 is 0. The van der Waals surface area contributed by atoms with Gasteiger partial charge in [0, 0.05) is 10.9 Å². The zero-order chi connectivity index (χ0) is 13.5. The smallest absolute Gasteiger partial charge is 0.0406 e. The first-order chi connectivity index (χ1) is 9.84. The molecule has 3 aromatic rings. The van der Waals surface area contributed by atoms with Gasteiger partial charge >= 0.3 is 0 Å². The maximum absolute atomic E-state index is 6.02. The molecule has 0 nitrogen and oxygen atoms in total. The average molecular weight is 277 g/mol. The van der Waals surface area contributed by atoms with Crippen molar-refractivity contribution in [2.75, 3.05) is 0 Å². The molecular formula is C19H13Cl. The third kappa shape index (κ3) is 1.69. The fourth-order valence-corrected chi connectivity index (χ4v) is 3.30. The second kappa shape index (κ2) is 4.50. The number of hydrogen-bond acceptors (Lipinski definition) is 0. The quantitative estimate of drug-likeness (QED) is 0.430. The molecule has 0 atom stereocenters. The molecule has 1 aliphatic carbocycles. The first-order valence-corrected chi connectivity index (χ1v) is 7.16. The van der Waals surface area contributed by atoms with Crippen molar-refractivity contribution in [2.45, 2.75) is 5.92 Å². The number of rotatable bonds is 1. The Labute approximate surface area is 123 Å². The second-order valence-corrected chi connectivity index (χ2v) is 5.60. The van der Waals surface area contributed by atoms with E-state index in [4.69, 9.17) is 11.6 Å². The van der Waals surface area contributed by atoms with E-state index in [0.717, 1.165) is 5.02 Å². The Balaban J connectivity index is 1.97. The summed E-state index contributed by atoms with van der Waals surface area (Å²) >= 11 is 6.02. The molecule has 4 rings (SSSR count). The second-order valence-electron chi connectivity index (χ2n) is 5.16. The Morgan fingerprint density at radius 3 is 1.65 bits per heavy atom. The first-order valence-electron chi connectivity index (χ1n) is 6.78.